The highest BCUT2D eigenvalue weighted by Crippen LogP contribution is 2.34. The highest BCUT2D eigenvalue weighted by Gasteiger charge is 2.26. The fourth-order valence-electron chi connectivity index (χ4n) is 1.93. The van der Waals surface area contributed by atoms with Crippen LogP contribution in [0.1, 0.15) is 52.0 Å². The molecule has 1 aliphatic carbocycles. The van der Waals surface area contributed by atoms with Gasteiger partial charge in [0.15, 0.2) is 0 Å². The molecule has 0 aromatic heterocycles. The summed E-state index contributed by atoms with van der Waals surface area (Å²) in [5.41, 5.74) is 2.16. The zero-order chi connectivity index (χ0) is 13.9. The van der Waals surface area contributed by atoms with Crippen LogP contribution < -0.4 is 0 Å². The molecule has 102 valence electrons. The standard InChI is InChI=1S/C16H23NOSi/c1-16(2,3)19(18)17-15(12-11-13-9-10-13)14-7-5-4-6-8-14/h4-8,13H,9-12H2,1-3H3/b17-15+. The number of nitrogens with zero attached hydrogens (tertiary/aromatic N) is 1. The molecule has 0 radical (unpaired) electrons. The molecule has 19 heavy (non-hydrogen) atoms. The third kappa shape index (κ3) is 4.50. The molecule has 1 aromatic rings. The Morgan fingerprint density at radius 3 is 2.42 bits per heavy atom. The molecule has 0 N–H and O–H groups in total. The number of rotatable bonds is 5. The lowest BCUT2D eigenvalue weighted by atomic mass is 10.0. The largest absolute Gasteiger partial charge is 0.424 e. The minimum Gasteiger partial charge on any atom is -0.357 e. The molecule has 1 aromatic carbocycles. The lowest BCUT2D eigenvalue weighted by molar-refractivity contribution is 0.526. The Hall–Kier alpha value is -1.09. The SMILES string of the molecule is CC(C)(C)[Si](=O)/N=C(\CCC1CC1)c1ccccc1. The highest BCUT2D eigenvalue weighted by molar-refractivity contribution is 6.47. The second-order valence-corrected chi connectivity index (χ2v) is 8.80. The number of benzene rings is 1. The van der Waals surface area contributed by atoms with Gasteiger partial charge in [-0.3, -0.25) is 4.66 Å². The van der Waals surface area contributed by atoms with Gasteiger partial charge in [0.05, 0.1) is 0 Å². The topological polar surface area (TPSA) is 29.4 Å². The van der Waals surface area contributed by atoms with E-state index in [2.05, 4.69) is 16.8 Å². The van der Waals surface area contributed by atoms with E-state index in [9.17, 15) is 4.46 Å². The zero-order valence-corrected chi connectivity index (χ0v) is 13.1. The molecule has 0 spiro atoms. The third-order valence-electron chi connectivity index (χ3n) is 3.47. The lowest BCUT2D eigenvalue weighted by Gasteiger charge is -2.13. The quantitative estimate of drug-likeness (QED) is 0.578. The van der Waals surface area contributed by atoms with Crippen LogP contribution in [0.4, 0.5) is 0 Å². The fraction of sp³-hybridized carbons (Fsp3) is 0.562. The summed E-state index contributed by atoms with van der Waals surface area (Å²) >= 11 is 0. The van der Waals surface area contributed by atoms with E-state index in [1.807, 2.05) is 39.0 Å². The van der Waals surface area contributed by atoms with E-state index in [0.29, 0.717) is 0 Å². The van der Waals surface area contributed by atoms with Crippen LogP contribution in [0, 0.1) is 5.92 Å². The van der Waals surface area contributed by atoms with Gasteiger partial charge in [-0.25, -0.2) is 0 Å². The molecule has 0 aliphatic heterocycles. The van der Waals surface area contributed by atoms with Gasteiger partial charge in [0.1, 0.15) is 0 Å². The second kappa shape index (κ2) is 5.91. The van der Waals surface area contributed by atoms with Crippen molar-refractivity contribution < 1.29 is 4.46 Å². The summed E-state index contributed by atoms with van der Waals surface area (Å²) in [7, 11) is -1.94. The van der Waals surface area contributed by atoms with Crippen LogP contribution >= 0.6 is 0 Å². The van der Waals surface area contributed by atoms with E-state index < -0.39 is 8.84 Å². The smallest absolute Gasteiger partial charge is 0.357 e. The van der Waals surface area contributed by atoms with Crippen LogP contribution in [-0.2, 0) is 4.46 Å². The Labute approximate surface area is 117 Å². The van der Waals surface area contributed by atoms with Crippen molar-refractivity contribution in [1.82, 2.24) is 0 Å². The van der Waals surface area contributed by atoms with Crippen molar-refractivity contribution in [2.45, 2.75) is 51.5 Å². The van der Waals surface area contributed by atoms with Crippen LogP contribution in [0.2, 0.25) is 5.04 Å². The minimum atomic E-state index is -1.94. The first-order chi connectivity index (χ1) is 8.97. The monoisotopic (exact) mass is 273 g/mol. The Kier molecular flexibility index (Phi) is 4.45. The highest BCUT2D eigenvalue weighted by atomic mass is 28.3. The Bertz CT molecular complexity index is 469. The summed E-state index contributed by atoms with van der Waals surface area (Å²) < 4.78 is 16.9. The number of hydrogen-bond acceptors (Lipinski definition) is 1. The summed E-state index contributed by atoms with van der Waals surface area (Å²) in [6, 6.07) is 10.2. The van der Waals surface area contributed by atoms with Gasteiger partial charge in [-0.2, -0.15) is 0 Å². The van der Waals surface area contributed by atoms with Gasteiger partial charge < -0.3 is 4.46 Å². The molecular weight excluding hydrogens is 250 g/mol. The van der Waals surface area contributed by atoms with Crippen molar-refractivity contribution in [3.63, 3.8) is 0 Å². The number of hydrogen-bond donors (Lipinski definition) is 0. The molecule has 2 rings (SSSR count). The van der Waals surface area contributed by atoms with Crippen LogP contribution in [-0.4, -0.2) is 14.6 Å². The van der Waals surface area contributed by atoms with Gasteiger partial charge in [-0.05, 0) is 24.3 Å². The predicted molar refractivity (Wildman–Crippen MR) is 81.1 cm³/mol. The van der Waals surface area contributed by atoms with Gasteiger partial charge in [0.2, 0.25) is 0 Å². The van der Waals surface area contributed by atoms with E-state index in [-0.39, 0.29) is 5.04 Å². The summed E-state index contributed by atoms with van der Waals surface area (Å²) in [6.07, 6.45) is 4.86. The van der Waals surface area contributed by atoms with Gasteiger partial charge in [-0.1, -0.05) is 63.9 Å². The van der Waals surface area contributed by atoms with Crippen molar-refractivity contribution in [2.75, 3.05) is 0 Å². The summed E-state index contributed by atoms with van der Waals surface area (Å²) in [6.45, 7) is 6.00. The van der Waals surface area contributed by atoms with E-state index in [4.69, 9.17) is 0 Å². The van der Waals surface area contributed by atoms with Crippen LogP contribution in [0.3, 0.4) is 0 Å². The maximum absolute atomic E-state index is 12.3. The average Bonchev–Trinajstić information content (AvgIpc) is 3.18. The first-order valence-corrected chi connectivity index (χ1v) is 8.50. The van der Waals surface area contributed by atoms with Crippen molar-refractivity contribution in [1.29, 1.82) is 0 Å². The Morgan fingerprint density at radius 1 is 1.26 bits per heavy atom. The summed E-state index contributed by atoms with van der Waals surface area (Å²) in [4.78, 5) is 0. The van der Waals surface area contributed by atoms with Gasteiger partial charge in [-0.15, -0.1) is 0 Å². The second-order valence-electron chi connectivity index (χ2n) is 6.46. The van der Waals surface area contributed by atoms with Crippen LogP contribution in [0.25, 0.3) is 0 Å². The van der Waals surface area contributed by atoms with Crippen molar-refractivity contribution in [2.24, 2.45) is 10.6 Å². The summed E-state index contributed by atoms with van der Waals surface area (Å²) in [5, 5.41) is -0.218. The van der Waals surface area contributed by atoms with Crippen LogP contribution in [0.15, 0.2) is 35.0 Å². The van der Waals surface area contributed by atoms with Gasteiger partial charge in [0.25, 0.3) is 0 Å². The molecule has 1 aliphatic rings. The van der Waals surface area contributed by atoms with Gasteiger partial charge >= 0.3 is 8.84 Å². The van der Waals surface area contributed by atoms with Gasteiger partial charge in [0, 0.05) is 10.7 Å². The molecule has 1 saturated carbocycles. The van der Waals surface area contributed by atoms with Crippen molar-refractivity contribution in [3.8, 4) is 0 Å². The molecular formula is C16H23NOSi. The zero-order valence-electron chi connectivity index (χ0n) is 12.1. The molecule has 0 unspecified atom stereocenters. The van der Waals surface area contributed by atoms with Crippen LogP contribution in [0.5, 0.6) is 0 Å². The Morgan fingerprint density at radius 2 is 1.89 bits per heavy atom. The molecule has 0 heterocycles. The average molecular weight is 273 g/mol. The summed E-state index contributed by atoms with van der Waals surface area (Å²) in [5.74, 6) is 0.880. The normalized spacial score (nSPS) is 16.5. The first-order valence-electron chi connectivity index (χ1n) is 7.14. The maximum Gasteiger partial charge on any atom is 0.424 e. The predicted octanol–water partition coefficient (Wildman–Crippen LogP) is 4.38. The van der Waals surface area contributed by atoms with Crippen molar-refractivity contribution in [3.05, 3.63) is 35.9 Å². The maximum atomic E-state index is 12.3. The molecule has 0 saturated heterocycles. The lowest BCUT2D eigenvalue weighted by Crippen LogP contribution is -2.16. The first kappa shape index (κ1) is 14.3. The molecule has 0 bridgehead atoms. The van der Waals surface area contributed by atoms with E-state index >= 15 is 0 Å². The van der Waals surface area contributed by atoms with E-state index in [1.165, 1.54) is 19.3 Å². The molecule has 0 amide bonds. The third-order valence-corrected chi connectivity index (χ3v) is 5.23. The fourth-order valence-corrected chi connectivity index (χ4v) is 2.75. The molecule has 1 fully saturated rings. The molecule has 3 heteroatoms. The Balaban J connectivity index is 2.17. The molecule has 2 nitrogen and oxygen atoms in total. The minimum absolute atomic E-state index is 0.218. The van der Waals surface area contributed by atoms with E-state index in [0.717, 1.165) is 23.6 Å². The molecule has 0 atom stereocenters. The van der Waals surface area contributed by atoms with Crippen molar-refractivity contribution >= 4 is 14.6 Å². The van der Waals surface area contributed by atoms with E-state index in [1.54, 1.807) is 0 Å².